The largest absolute Gasteiger partial charge is 0.394 e. The van der Waals surface area contributed by atoms with Crippen LogP contribution in [0.2, 0.25) is 0 Å². The zero-order valence-corrected chi connectivity index (χ0v) is 12.6. The van der Waals surface area contributed by atoms with E-state index in [2.05, 4.69) is 20.8 Å². The number of tetrazole rings is 1. The van der Waals surface area contributed by atoms with E-state index in [-0.39, 0.29) is 23.3 Å². The minimum Gasteiger partial charge on any atom is -0.394 e. The summed E-state index contributed by atoms with van der Waals surface area (Å²) in [4.78, 5) is 12.1. The molecule has 19 heavy (non-hydrogen) atoms. The predicted molar refractivity (Wildman–Crippen MR) is 72.7 cm³/mol. The standard InChI is InChI=1S/C11H21N5O2S/c1-5-11(3,4)12-9(18)8(2)19-10-13-14-15-16(10)6-7-17/h8,17H,5-7H2,1-4H3,(H,12,18). The lowest BCUT2D eigenvalue weighted by Crippen LogP contribution is -2.46. The van der Waals surface area contributed by atoms with Crippen molar-refractivity contribution < 1.29 is 9.90 Å². The summed E-state index contributed by atoms with van der Waals surface area (Å²) >= 11 is 1.28. The van der Waals surface area contributed by atoms with Crippen molar-refractivity contribution in [1.29, 1.82) is 0 Å². The Kier molecular flexibility index (Phi) is 5.74. The molecule has 0 bridgehead atoms. The molecule has 0 aliphatic carbocycles. The van der Waals surface area contributed by atoms with Crippen LogP contribution in [0.4, 0.5) is 0 Å². The van der Waals surface area contributed by atoms with Crippen LogP contribution in [0.25, 0.3) is 0 Å². The Labute approximate surface area is 117 Å². The molecule has 0 aliphatic heterocycles. The van der Waals surface area contributed by atoms with Gasteiger partial charge in [0.15, 0.2) is 0 Å². The SMILES string of the molecule is CCC(C)(C)NC(=O)C(C)Sc1nnnn1CCO. The minimum absolute atomic E-state index is 0.0396. The van der Waals surface area contributed by atoms with Gasteiger partial charge in [-0.3, -0.25) is 4.79 Å². The Morgan fingerprint density at radius 2 is 2.26 bits per heavy atom. The highest BCUT2D eigenvalue weighted by molar-refractivity contribution is 8.00. The molecule has 0 fully saturated rings. The normalized spacial score (nSPS) is 13.3. The fourth-order valence-electron chi connectivity index (χ4n) is 1.25. The first kappa shape index (κ1) is 15.9. The molecule has 1 rings (SSSR count). The second-order valence-corrected chi connectivity index (χ2v) is 6.20. The maximum absolute atomic E-state index is 12.1. The van der Waals surface area contributed by atoms with E-state index in [1.807, 2.05) is 27.7 Å². The van der Waals surface area contributed by atoms with Gasteiger partial charge in [-0.15, -0.1) is 5.10 Å². The second-order valence-electron chi connectivity index (χ2n) is 4.89. The smallest absolute Gasteiger partial charge is 0.233 e. The number of nitrogens with one attached hydrogen (secondary N) is 1. The van der Waals surface area contributed by atoms with Crippen molar-refractivity contribution >= 4 is 17.7 Å². The maximum atomic E-state index is 12.1. The zero-order valence-electron chi connectivity index (χ0n) is 11.8. The summed E-state index contributed by atoms with van der Waals surface area (Å²) in [5, 5.41) is 23.2. The number of hydrogen-bond acceptors (Lipinski definition) is 6. The van der Waals surface area contributed by atoms with Crippen molar-refractivity contribution in [2.24, 2.45) is 0 Å². The van der Waals surface area contributed by atoms with Gasteiger partial charge >= 0.3 is 0 Å². The highest BCUT2D eigenvalue weighted by atomic mass is 32.2. The topological polar surface area (TPSA) is 92.9 Å². The monoisotopic (exact) mass is 287 g/mol. The third-order valence-corrected chi connectivity index (χ3v) is 3.88. The van der Waals surface area contributed by atoms with E-state index in [1.165, 1.54) is 16.4 Å². The molecule has 1 atom stereocenters. The van der Waals surface area contributed by atoms with Crippen molar-refractivity contribution in [3.8, 4) is 0 Å². The lowest BCUT2D eigenvalue weighted by molar-refractivity contribution is -0.121. The Bertz CT molecular complexity index is 421. The summed E-state index contributed by atoms with van der Waals surface area (Å²) in [5.74, 6) is -0.0459. The zero-order chi connectivity index (χ0) is 14.5. The summed E-state index contributed by atoms with van der Waals surface area (Å²) in [7, 11) is 0. The molecule has 8 heteroatoms. The van der Waals surface area contributed by atoms with Crippen molar-refractivity contribution in [3.63, 3.8) is 0 Å². The van der Waals surface area contributed by atoms with Crippen LogP contribution in [0, 0.1) is 0 Å². The van der Waals surface area contributed by atoms with Gasteiger partial charge in [-0.25, -0.2) is 4.68 Å². The first-order chi connectivity index (χ1) is 8.89. The van der Waals surface area contributed by atoms with Gasteiger partial charge in [0.1, 0.15) is 0 Å². The molecular formula is C11H21N5O2S. The summed E-state index contributed by atoms with van der Waals surface area (Å²) in [6.07, 6.45) is 0.860. The summed E-state index contributed by atoms with van der Waals surface area (Å²) < 4.78 is 1.49. The van der Waals surface area contributed by atoms with Crippen LogP contribution >= 0.6 is 11.8 Å². The van der Waals surface area contributed by atoms with E-state index in [4.69, 9.17) is 5.11 Å². The quantitative estimate of drug-likeness (QED) is 0.707. The van der Waals surface area contributed by atoms with Crippen LogP contribution in [-0.2, 0) is 11.3 Å². The Balaban J connectivity index is 2.61. The van der Waals surface area contributed by atoms with Gasteiger partial charge in [0, 0.05) is 5.54 Å². The number of carbonyl (C=O) groups excluding carboxylic acids is 1. The molecule has 1 amide bonds. The average molecular weight is 287 g/mol. The number of rotatable bonds is 7. The van der Waals surface area contributed by atoms with Crippen molar-refractivity contribution in [2.75, 3.05) is 6.61 Å². The van der Waals surface area contributed by atoms with Gasteiger partial charge in [-0.05, 0) is 37.6 Å². The highest BCUT2D eigenvalue weighted by Crippen LogP contribution is 2.21. The van der Waals surface area contributed by atoms with Crippen molar-refractivity contribution in [2.45, 2.75) is 56.6 Å². The summed E-state index contributed by atoms with van der Waals surface area (Å²) in [6, 6.07) is 0. The Morgan fingerprint density at radius 1 is 1.58 bits per heavy atom. The predicted octanol–water partition coefficient (Wildman–Crippen LogP) is 0.451. The van der Waals surface area contributed by atoms with Crippen LogP contribution in [0.1, 0.15) is 34.1 Å². The summed E-state index contributed by atoms with van der Waals surface area (Å²) in [5.41, 5.74) is -0.219. The molecule has 0 saturated carbocycles. The number of amides is 1. The van der Waals surface area contributed by atoms with E-state index in [0.717, 1.165) is 6.42 Å². The van der Waals surface area contributed by atoms with Gasteiger partial charge in [0.25, 0.3) is 0 Å². The van der Waals surface area contributed by atoms with E-state index >= 15 is 0 Å². The highest BCUT2D eigenvalue weighted by Gasteiger charge is 2.24. The third kappa shape index (κ3) is 4.79. The molecule has 1 aromatic rings. The molecule has 0 aromatic carbocycles. The maximum Gasteiger partial charge on any atom is 0.233 e. The van der Waals surface area contributed by atoms with Gasteiger partial charge in [0.05, 0.1) is 18.4 Å². The fraction of sp³-hybridized carbons (Fsp3) is 0.818. The molecule has 0 radical (unpaired) electrons. The third-order valence-electron chi connectivity index (χ3n) is 2.81. The summed E-state index contributed by atoms with van der Waals surface area (Å²) in [6.45, 7) is 8.09. The molecule has 0 aliphatic rings. The molecule has 1 aromatic heterocycles. The molecular weight excluding hydrogens is 266 g/mol. The number of hydrogen-bond donors (Lipinski definition) is 2. The van der Waals surface area contributed by atoms with E-state index in [1.54, 1.807) is 0 Å². The van der Waals surface area contributed by atoms with Crippen molar-refractivity contribution in [3.05, 3.63) is 0 Å². The molecule has 2 N–H and O–H groups in total. The van der Waals surface area contributed by atoms with Crippen LogP contribution in [0.3, 0.4) is 0 Å². The number of carbonyl (C=O) groups is 1. The van der Waals surface area contributed by atoms with Crippen LogP contribution < -0.4 is 5.32 Å². The second kappa shape index (κ2) is 6.85. The molecule has 1 unspecified atom stereocenters. The molecule has 0 saturated heterocycles. The average Bonchev–Trinajstić information content (AvgIpc) is 2.76. The molecule has 0 spiro atoms. The van der Waals surface area contributed by atoms with E-state index in [9.17, 15) is 4.79 Å². The first-order valence-electron chi connectivity index (χ1n) is 6.25. The van der Waals surface area contributed by atoms with Crippen LogP contribution in [0.5, 0.6) is 0 Å². The van der Waals surface area contributed by atoms with Gasteiger partial charge in [0.2, 0.25) is 11.1 Å². The number of aliphatic hydroxyl groups is 1. The number of aliphatic hydroxyl groups excluding tert-OH is 1. The lowest BCUT2D eigenvalue weighted by Gasteiger charge is -2.26. The van der Waals surface area contributed by atoms with E-state index < -0.39 is 0 Å². The van der Waals surface area contributed by atoms with Gasteiger partial charge in [-0.1, -0.05) is 18.7 Å². The number of nitrogens with zero attached hydrogens (tertiary/aromatic N) is 4. The Morgan fingerprint density at radius 3 is 2.84 bits per heavy atom. The number of aromatic nitrogens is 4. The van der Waals surface area contributed by atoms with Crippen LogP contribution in [-0.4, -0.2) is 48.6 Å². The van der Waals surface area contributed by atoms with Crippen molar-refractivity contribution in [1.82, 2.24) is 25.5 Å². The van der Waals surface area contributed by atoms with E-state index in [0.29, 0.717) is 11.7 Å². The van der Waals surface area contributed by atoms with Crippen LogP contribution in [0.15, 0.2) is 5.16 Å². The number of thioether (sulfide) groups is 1. The van der Waals surface area contributed by atoms with Gasteiger partial charge in [-0.2, -0.15) is 0 Å². The lowest BCUT2D eigenvalue weighted by atomic mass is 10.0. The Hall–Kier alpha value is -1.15. The molecule has 108 valence electrons. The molecule has 7 nitrogen and oxygen atoms in total. The minimum atomic E-state index is -0.297. The first-order valence-corrected chi connectivity index (χ1v) is 7.13. The van der Waals surface area contributed by atoms with Gasteiger partial charge < -0.3 is 10.4 Å². The molecule has 1 heterocycles. The fourth-order valence-corrected chi connectivity index (χ4v) is 2.07.